The Labute approximate surface area is 332 Å². The van der Waals surface area contributed by atoms with Gasteiger partial charge >= 0.3 is 12.1 Å². The van der Waals surface area contributed by atoms with Crippen molar-refractivity contribution in [3.63, 3.8) is 0 Å². The molecule has 0 saturated carbocycles. The van der Waals surface area contributed by atoms with Gasteiger partial charge in [0.05, 0.1) is 61.1 Å². The molecular weight excluding hydrogens is 736 g/mol. The summed E-state index contributed by atoms with van der Waals surface area (Å²) in [6, 6.07) is 17.0. The van der Waals surface area contributed by atoms with Crippen LogP contribution in [0.25, 0.3) is 5.65 Å². The van der Waals surface area contributed by atoms with Crippen LogP contribution >= 0.6 is 0 Å². The van der Waals surface area contributed by atoms with Gasteiger partial charge in [-0.25, -0.2) is 14.3 Å². The van der Waals surface area contributed by atoms with Crippen LogP contribution < -0.4 is 43.4 Å². The molecule has 5 rings (SSSR count). The van der Waals surface area contributed by atoms with E-state index in [0.717, 1.165) is 28.8 Å². The van der Waals surface area contributed by atoms with Gasteiger partial charge in [-0.05, 0) is 48.9 Å². The molecule has 1 amide bonds. The van der Waals surface area contributed by atoms with E-state index >= 15 is 0 Å². The Bertz CT molecular complexity index is 2010. The number of amides is 1. The van der Waals surface area contributed by atoms with Crippen LogP contribution in [0.1, 0.15) is 48.6 Å². The van der Waals surface area contributed by atoms with Gasteiger partial charge in [0.15, 0.2) is 11.5 Å². The zero-order valence-corrected chi connectivity index (χ0v) is 33.6. The van der Waals surface area contributed by atoms with E-state index in [2.05, 4.69) is 21.9 Å². The number of methoxy groups -OCH3 is 6. The highest BCUT2D eigenvalue weighted by atomic mass is 16.5. The number of carbonyl (C=O) groups is 1. The first-order valence-electron chi connectivity index (χ1n) is 18.6. The second-order valence-electron chi connectivity index (χ2n) is 12.9. The van der Waals surface area contributed by atoms with E-state index < -0.39 is 6.09 Å². The lowest BCUT2D eigenvalue weighted by molar-refractivity contribution is 0.133. The number of fused-ring (bicyclic) bond motifs is 1. The summed E-state index contributed by atoms with van der Waals surface area (Å²) in [5.41, 5.74) is 3.74. The van der Waals surface area contributed by atoms with E-state index in [9.17, 15) is 9.90 Å². The van der Waals surface area contributed by atoms with E-state index in [4.69, 9.17) is 48.2 Å². The molecule has 2 N–H and O–H groups in total. The molecule has 0 spiro atoms. The first kappa shape index (κ1) is 42.0. The Morgan fingerprint density at radius 3 is 2.04 bits per heavy atom. The summed E-state index contributed by atoms with van der Waals surface area (Å²) in [6.07, 6.45) is 3.20. The number of aliphatic hydroxyl groups excluding tert-OH is 1. The average molecular weight is 789 g/mol. The van der Waals surface area contributed by atoms with Crippen LogP contribution in [0.5, 0.6) is 40.5 Å². The smallest absolute Gasteiger partial charge is 0.406 e. The third kappa shape index (κ3) is 10.8. The zero-order valence-electron chi connectivity index (χ0n) is 33.6. The summed E-state index contributed by atoms with van der Waals surface area (Å²) >= 11 is 0. The minimum Gasteiger partial charge on any atom is -0.497 e. The van der Waals surface area contributed by atoms with E-state index in [-0.39, 0.29) is 31.9 Å². The van der Waals surface area contributed by atoms with Crippen molar-refractivity contribution in [2.75, 3.05) is 67.3 Å². The molecule has 2 aromatic heterocycles. The van der Waals surface area contributed by atoms with Gasteiger partial charge in [0.25, 0.3) is 0 Å². The summed E-state index contributed by atoms with van der Waals surface area (Å²) in [6.45, 7) is 3.18. The van der Waals surface area contributed by atoms with Crippen LogP contribution in [0.4, 0.5) is 10.6 Å². The van der Waals surface area contributed by atoms with Gasteiger partial charge in [-0.2, -0.15) is 4.98 Å². The molecule has 1 unspecified atom stereocenters. The minimum absolute atomic E-state index is 0.0479. The second-order valence-corrected chi connectivity index (χ2v) is 12.9. The summed E-state index contributed by atoms with van der Waals surface area (Å²) in [4.78, 5) is 23.5. The average Bonchev–Trinajstić information content (AvgIpc) is 3.64. The molecule has 5 aromatic rings. The van der Waals surface area contributed by atoms with Crippen LogP contribution in [0.2, 0.25) is 0 Å². The predicted octanol–water partition coefficient (Wildman–Crippen LogP) is 5.63. The van der Waals surface area contributed by atoms with Crippen molar-refractivity contribution in [1.29, 1.82) is 0 Å². The fourth-order valence-electron chi connectivity index (χ4n) is 6.31. The number of carbonyl (C=O) groups excluding carboxylic acids is 1. The summed E-state index contributed by atoms with van der Waals surface area (Å²) in [5.74, 6) is 4.30. The molecule has 0 aliphatic carbocycles. The number of nitrogens with zero attached hydrogens (tertiary/aromatic N) is 5. The van der Waals surface area contributed by atoms with E-state index in [0.29, 0.717) is 78.3 Å². The quantitative estimate of drug-likeness (QED) is 0.0828. The normalized spacial score (nSPS) is 11.4. The molecule has 3 aromatic carbocycles. The number of alkyl carbamates (subject to hydrolysis) is 1. The van der Waals surface area contributed by atoms with Crippen LogP contribution in [0, 0.1) is 0 Å². The van der Waals surface area contributed by atoms with E-state index in [1.165, 1.54) is 7.11 Å². The maximum absolute atomic E-state index is 11.5. The van der Waals surface area contributed by atoms with Crippen molar-refractivity contribution in [3.8, 4) is 40.5 Å². The van der Waals surface area contributed by atoms with Crippen LogP contribution in [0.15, 0.2) is 60.8 Å². The molecule has 57 heavy (non-hydrogen) atoms. The number of ether oxygens (including phenoxy) is 8. The number of aliphatic hydroxyl groups is 1. The topological polar surface area (TPSA) is 169 Å². The Hall–Kier alpha value is -6.16. The number of imidazole rings is 1. The van der Waals surface area contributed by atoms with Crippen LogP contribution in [-0.2, 0) is 24.2 Å². The molecule has 0 saturated heterocycles. The maximum atomic E-state index is 11.5. The lowest BCUT2D eigenvalue weighted by atomic mass is 10.1. The lowest BCUT2D eigenvalue weighted by Gasteiger charge is -2.27. The molecular formula is C41H52N6O10. The number of aromatic nitrogens is 4. The van der Waals surface area contributed by atoms with Gasteiger partial charge in [-0.15, -0.1) is 5.10 Å². The lowest BCUT2D eigenvalue weighted by Crippen LogP contribution is -2.27. The van der Waals surface area contributed by atoms with E-state index in [1.54, 1.807) is 52.3 Å². The highest BCUT2D eigenvalue weighted by molar-refractivity contribution is 5.67. The number of benzene rings is 3. The van der Waals surface area contributed by atoms with Gasteiger partial charge in [-0.3, -0.25) is 0 Å². The van der Waals surface area contributed by atoms with Crippen molar-refractivity contribution >= 4 is 17.6 Å². The fraction of sp³-hybridized carbons (Fsp3) is 0.415. The van der Waals surface area contributed by atoms with Gasteiger partial charge < -0.3 is 53.2 Å². The van der Waals surface area contributed by atoms with E-state index in [1.807, 2.05) is 48.5 Å². The van der Waals surface area contributed by atoms with Gasteiger partial charge in [0.1, 0.15) is 47.2 Å². The van der Waals surface area contributed by atoms with Crippen molar-refractivity contribution in [1.82, 2.24) is 24.9 Å². The Kier molecular flexibility index (Phi) is 15.2. The van der Waals surface area contributed by atoms with Gasteiger partial charge in [0.2, 0.25) is 0 Å². The zero-order chi connectivity index (χ0) is 40.7. The Morgan fingerprint density at radius 2 is 1.46 bits per heavy atom. The summed E-state index contributed by atoms with van der Waals surface area (Å²) in [7, 11) is 9.37. The first-order valence-corrected chi connectivity index (χ1v) is 18.6. The highest BCUT2D eigenvalue weighted by Gasteiger charge is 2.24. The highest BCUT2D eigenvalue weighted by Crippen LogP contribution is 2.34. The van der Waals surface area contributed by atoms with Crippen molar-refractivity contribution < 1.29 is 47.8 Å². The summed E-state index contributed by atoms with van der Waals surface area (Å²) < 4.78 is 47.1. The molecule has 2 heterocycles. The van der Waals surface area contributed by atoms with Crippen molar-refractivity contribution in [2.24, 2.45) is 0 Å². The first-order chi connectivity index (χ1) is 27.8. The minimum atomic E-state index is -0.534. The third-order valence-electron chi connectivity index (χ3n) is 9.19. The fourth-order valence-corrected chi connectivity index (χ4v) is 6.31. The number of anilines is 1. The Balaban J connectivity index is 1.63. The maximum Gasteiger partial charge on any atom is 0.406 e. The molecule has 0 aliphatic rings. The molecule has 0 bridgehead atoms. The number of hydrogen-bond acceptors (Lipinski definition) is 14. The van der Waals surface area contributed by atoms with Crippen LogP contribution in [0.3, 0.4) is 0 Å². The van der Waals surface area contributed by atoms with Gasteiger partial charge in [-0.1, -0.05) is 13.3 Å². The monoisotopic (exact) mass is 788 g/mol. The third-order valence-corrected chi connectivity index (χ3v) is 9.19. The molecule has 16 heteroatoms. The summed E-state index contributed by atoms with van der Waals surface area (Å²) in [5, 5.41) is 17.4. The van der Waals surface area contributed by atoms with Crippen molar-refractivity contribution in [2.45, 2.75) is 51.8 Å². The SMILES string of the molecule is CCCC(CCO)Oc1nc(N(Cc2ccc(OC)cc2OC)Cc2ccc(OC)cc2OC)c2ncc(Cc3cc(OCCNC(=O)OC)ccc3OC)n2n1. The molecule has 1 atom stereocenters. The van der Waals surface area contributed by atoms with Gasteiger partial charge in [0, 0.05) is 61.4 Å². The number of hydrogen-bond donors (Lipinski definition) is 2. The number of nitrogens with one attached hydrogen (secondary N) is 1. The number of rotatable bonds is 22. The molecule has 0 fully saturated rings. The molecule has 16 nitrogen and oxygen atoms in total. The second kappa shape index (κ2) is 20.7. The largest absolute Gasteiger partial charge is 0.497 e. The standard InChI is InChI=1S/C41H52N6O10/c1-8-9-31(16-18-48)57-40-44-39(46(25-27-10-12-32(50-2)22-36(27)53-5)26-28-11-13-33(51-3)23-37(28)54-6)38-43-24-30(47(38)45-40)20-29-21-34(14-15-35(29)52-4)56-19-17-42-41(49)55-7/h10-15,21-24,31,48H,8-9,16-20,25-26H2,1-7H3,(H,42,49). The van der Waals surface area contributed by atoms with Crippen molar-refractivity contribution in [3.05, 3.63) is 83.2 Å². The van der Waals surface area contributed by atoms with Crippen LogP contribution in [-0.4, -0.2) is 99.3 Å². The molecule has 306 valence electrons. The Morgan fingerprint density at radius 1 is 0.807 bits per heavy atom. The molecule has 0 radical (unpaired) electrons. The molecule has 0 aliphatic heterocycles. The predicted molar refractivity (Wildman–Crippen MR) is 212 cm³/mol.